The lowest BCUT2D eigenvalue weighted by Gasteiger charge is -2.24. The van der Waals surface area contributed by atoms with Gasteiger partial charge in [0.25, 0.3) is 0 Å². The van der Waals surface area contributed by atoms with E-state index in [2.05, 4.69) is 97.7 Å². The van der Waals surface area contributed by atoms with Crippen molar-refractivity contribution in [3.05, 3.63) is 84.4 Å². The Bertz CT molecular complexity index is 732. The molecule has 21 heavy (non-hydrogen) atoms. The summed E-state index contributed by atoms with van der Waals surface area (Å²) in [5, 5.41) is 0. The molecule has 3 aromatic carbocycles. The molecule has 0 radical (unpaired) electrons. The predicted molar refractivity (Wildman–Crippen MR) is 91.1 cm³/mol. The Kier molecular flexibility index (Phi) is 3.74. The second-order valence-electron chi connectivity index (χ2n) is 5.23. The van der Waals surface area contributed by atoms with Crippen LogP contribution in [0.1, 0.15) is 5.56 Å². The lowest BCUT2D eigenvalue weighted by atomic mass is 10.0. The molecule has 0 bridgehead atoms. The van der Waals surface area contributed by atoms with Gasteiger partial charge in [-0.1, -0.05) is 66.7 Å². The molecule has 0 unspecified atom stereocenters. The third kappa shape index (κ3) is 2.68. The number of anilines is 2. The van der Waals surface area contributed by atoms with Gasteiger partial charge in [-0.3, -0.25) is 0 Å². The van der Waals surface area contributed by atoms with Crippen LogP contribution < -0.4 is 4.90 Å². The van der Waals surface area contributed by atoms with Gasteiger partial charge in [-0.15, -0.1) is 0 Å². The second-order valence-corrected chi connectivity index (χ2v) is 5.23. The second kappa shape index (κ2) is 5.84. The van der Waals surface area contributed by atoms with E-state index in [1.54, 1.807) is 0 Å². The number of para-hydroxylation sites is 2. The van der Waals surface area contributed by atoms with Gasteiger partial charge in [0.2, 0.25) is 0 Å². The quantitative estimate of drug-likeness (QED) is 0.615. The zero-order valence-corrected chi connectivity index (χ0v) is 12.5. The highest BCUT2D eigenvalue weighted by Gasteiger charge is 2.11. The Balaban J connectivity index is 2.10. The molecule has 1 heteroatoms. The summed E-state index contributed by atoms with van der Waals surface area (Å²) < 4.78 is 0. The minimum absolute atomic E-state index is 1.22. The maximum Gasteiger partial charge on any atom is 0.0487 e. The smallest absolute Gasteiger partial charge is 0.0487 e. The standard InChI is InChI=1S/C20H19N/c1-16-10-6-8-14-19(16)21(2)20-15-9-7-13-18(20)17-11-4-3-5-12-17/h3-15H,1-2H3. The normalized spacial score (nSPS) is 10.4. The van der Waals surface area contributed by atoms with Crippen LogP contribution in [0.4, 0.5) is 11.4 Å². The molecule has 1 nitrogen and oxygen atoms in total. The molecule has 3 rings (SSSR count). The zero-order valence-electron chi connectivity index (χ0n) is 12.5. The van der Waals surface area contributed by atoms with Crippen molar-refractivity contribution in [3.63, 3.8) is 0 Å². The zero-order chi connectivity index (χ0) is 14.7. The lowest BCUT2D eigenvalue weighted by Crippen LogP contribution is -2.11. The first-order chi connectivity index (χ1) is 10.3. The number of nitrogens with zero attached hydrogens (tertiary/aromatic N) is 1. The summed E-state index contributed by atoms with van der Waals surface area (Å²) in [5.74, 6) is 0. The van der Waals surface area contributed by atoms with E-state index in [0.717, 1.165) is 0 Å². The van der Waals surface area contributed by atoms with Crippen LogP contribution in [0.2, 0.25) is 0 Å². The molecular weight excluding hydrogens is 254 g/mol. The average Bonchev–Trinajstić information content (AvgIpc) is 2.55. The molecule has 3 aromatic rings. The summed E-state index contributed by atoms with van der Waals surface area (Å²) in [6.45, 7) is 2.15. The van der Waals surface area contributed by atoms with Crippen molar-refractivity contribution in [2.75, 3.05) is 11.9 Å². The van der Waals surface area contributed by atoms with Gasteiger partial charge in [-0.25, -0.2) is 0 Å². The van der Waals surface area contributed by atoms with Crippen LogP contribution in [-0.2, 0) is 0 Å². The van der Waals surface area contributed by atoms with Gasteiger partial charge in [0.1, 0.15) is 0 Å². The monoisotopic (exact) mass is 273 g/mol. The highest BCUT2D eigenvalue weighted by molar-refractivity contribution is 5.82. The largest absolute Gasteiger partial charge is 0.344 e. The highest BCUT2D eigenvalue weighted by atomic mass is 15.1. The van der Waals surface area contributed by atoms with Crippen LogP contribution in [0, 0.1) is 6.92 Å². The van der Waals surface area contributed by atoms with Gasteiger partial charge in [-0.2, -0.15) is 0 Å². The van der Waals surface area contributed by atoms with Crippen molar-refractivity contribution in [1.29, 1.82) is 0 Å². The molecule has 104 valence electrons. The highest BCUT2D eigenvalue weighted by Crippen LogP contribution is 2.34. The van der Waals surface area contributed by atoms with E-state index < -0.39 is 0 Å². The van der Waals surface area contributed by atoms with Crippen molar-refractivity contribution in [2.45, 2.75) is 6.92 Å². The van der Waals surface area contributed by atoms with Crippen LogP contribution in [-0.4, -0.2) is 7.05 Å². The molecule has 0 saturated heterocycles. The molecule has 0 aromatic heterocycles. The number of benzene rings is 3. The van der Waals surface area contributed by atoms with Gasteiger partial charge in [0.05, 0.1) is 0 Å². The average molecular weight is 273 g/mol. The number of rotatable bonds is 3. The minimum Gasteiger partial charge on any atom is -0.344 e. The van der Waals surface area contributed by atoms with E-state index in [9.17, 15) is 0 Å². The van der Waals surface area contributed by atoms with Crippen molar-refractivity contribution < 1.29 is 0 Å². The Morgan fingerprint density at radius 2 is 1.19 bits per heavy atom. The van der Waals surface area contributed by atoms with Crippen LogP contribution in [0.3, 0.4) is 0 Å². The summed E-state index contributed by atoms with van der Waals surface area (Å²) in [6.07, 6.45) is 0. The van der Waals surface area contributed by atoms with E-state index in [1.165, 1.54) is 28.1 Å². The topological polar surface area (TPSA) is 3.24 Å². The molecule has 0 aliphatic rings. The van der Waals surface area contributed by atoms with E-state index in [-0.39, 0.29) is 0 Å². The maximum absolute atomic E-state index is 2.26. The van der Waals surface area contributed by atoms with Crippen molar-refractivity contribution >= 4 is 11.4 Å². The molecular formula is C20H19N. The van der Waals surface area contributed by atoms with Crippen LogP contribution >= 0.6 is 0 Å². The SMILES string of the molecule is Cc1ccccc1N(C)c1ccccc1-c1ccccc1. The molecule has 0 amide bonds. The number of hydrogen-bond donors (Lipinski definition) is 0. The number of hydrogen-bond acceptors (Lipinski definition) is 1. The van der Waals surface area contributed by atoms with Gasteiger partial charge < -0.3 is 4.90 Å². The number of aryl methyl sites for hydroxylation is 1. The first-order valence-corrected chi connectivity index (χ1v) is 7.21. The molecule has 0 spiro atoms. The summed E-state index contributed by atoms with van der Waals surface area (Å²) >= 11 is 0. The van der Waals surface area contributed by atoms with Gasteiger partial charge >= 0.3 is 0 Å². The van der Waals surface area contributed by atoms with Crippen molar-refractivity contribution in [1.82, 2.24) is 0 Å². The fraction of sp³-hybridized carbons (Fsp3) is 0.100. The summed E-state index contributed by atoms with van der Waals surface area (Å²) in [4.78, 5) is 2.26. The van der Waals surface area contributed by atoms with E-state index in [0.29, 0.717) is 0 Å². The Hall–Kier alpha value is -2.54. The molecule has 0 aliphatic carbocycles. The van der Waals surface area contributed by atoms with Gasteiger partial charge in [0.15, 0.2) is 0 Å². The van der Waals surface area contributed by atoms with Crippen molar-refractivity contribution in [3.8, 4) is 11.1 Å². The third-order valence-corrected chi connectivity index (χ3v) is 3.83. The van der Waals surface area contributed by atoms with Gasteiger partial charge in [0, 0.05) is 24.0 Å². The third-order valence-electron chi connectivity index (χ3n) is 3.83. The molecule has 0 atom stereocenters. The fourth-order valence-electron chi connectivity index (χ4n) is 2.70. The first-order valence-electron chi connectivity index (χ1n) is 7.21. The first kappa shape index (κ1) is 13.4. The summed E-state index contributed by atoms with van der Waals surface area (Å²) in [5.41, 5.74) is 6.24. The predicted octanol–water partition coefficient (Wildman–Crippen LogP) is 5.43. The molecule has 0 saturated carbocycles. The maximum atomic E-state index is 2.26. The van der Waals surface area contributed by atoms with Crippen LogP contribution in [0.5, 0.6) is 0 Å². The van der Waals surface area contributed by atoms with E-state index in [4.69, 9.17) is 0 Å². The summed E-state index contributed by atoms with van der Waals surface area (Å²) in [6, 6.07) is 27.6. The van der Waals surface area contributed by atoms with Gasteiger partial charge in [-0.05, 0) is 30.2 Å². The molecule has 0 fully saturated rings. The Morgan fingerprint density at radius 1 is 0.619 bits per heavy atom. The Labute approximate surface area is 126 Å². The summed E-state index contributed by atoms with van der Waals surface area (Å²) in [7, 11) is 2.13. The fourth-order valence-corrected chi connectivity index (χ4v) is 2.70. The minimum atomic E-state index is 1.22. The molecule has 0 aliphatic heterocycles. The molecule has 0 heterocycles. The lowest BCUT2D eigenvalue weighted by molar-refractivity contribution is 1.19. The van der Waals surface area contributed by atoms with Crippen LogP contribution in [0.25, 0.3) is 11.1 Å². The van der Waals surface area contributed by atoms with Crippen molar-refractivity contribution in [2.24, 2.45) is 0 Å². The van der Waals surface area contributed by atoms with E-state index >= 15 is 0 Å². The van der Waals surface area contributed by atoms with E-state index in [1.807, 2.05) is 0 Å². The van der Waals surface area contributed by atoms with Crippen LogP contribution in [0.15, 0.2) is 78.9 Å². The molecule has 0 N–H and O–H groups in total. The Morgan fingerprint density at radius 3 is 1.90 bits per heavy atom.